The van der Waals surface area contributed by atoms with Crippen LogP contribution in [0.15, 0.2) is 18.2 Å². The lowest BCUT2D eigenvalue weighted by Crippen LogP contribution is -2.62. The first kappa shape index (κ1) is 19.2. The molecule has 2 fully saturated rings. The summed E-state index contributed by atoms with van der Waals surface area (Å²) >= 11 is 0. The Bertz CT molecular complexity index is 893. The van der Waals surface area contributed by atoms with Crippen LogP contribution in [0.4, 0.5) is 4.79 Å². The molecule has 1 atom stereocenters. The number of nitrogens with one attached hydrogen (secondary N) is 2. The second kappa shape index (κ2) is 7.06. The van der Waals surface area contributed by atoms with Gasteiger partial charge in [0.2, 0.25) is 5.91 Å². The molecule has 1 unspecified atom stereocenters. The Kier molecular flexibility index (Phi) is 4.68. The van der Waals surface area contributed by atoms with Gasteiger partial charge in [0.25, 0.3) is 11.8 Å². The third-order valence-electron chi connectivity index (χ3n) is 6.24. The molecular weight excluding hydrogens is 376 g/mol. The van der Waals surface area contributed by atoms with Gasteiger partial charge in [0.1, 0.15) is 11.3 Å². The van der Waals surface area contributed by atoms with E-state index < -0.39 is 17.5 Å². The molecule has 9 nitrogen and oxygen atoms in total. The summed E-state index contributed by atoms with van der Waals surface area (Å²) in [5.41, 5.74) is 0.222. The molecule has 3 heterocycles. The Balaban J connectivity index is 1.58. The number of hydrogen-bond donors (Lipinski definition) is 2. The number of rotatable bonds is 4. The van der Waals surface area contributed by atoms with E-state index in [0.29, 0.717) is 43.8 Å². The van der Waals surface area contributed by atoms with E-state index in [1.807, 2.05) is 6.07 Å². The van der Waals surface area contributed by atoms with Gasteiger partial charge in [-0.15, -0.1) is 0 Å². The molecule has 1 aromatic rings. The van der Waals surface area contributed by atoms with Crippen molar-refractivity contribution in [3.8, 4) is 5.75 Å². The van der Waals surface area contributed by atoms with E-state index in [0.717, 1.165) is 5.56 Å². The van der Waals surface area contributed by atoms with E-state index in [2.05, 4.69) is 10.6 Å². The van der Waals surface area contributed by atoms with E-state index in [4.69, 9.17) is 4.74 Å². The first-order valence-electron chi connectivity index (χ1n) is 9.69. The predicted molar refractivity (Wildman–Crippen MR) is 102 cm³/mol. The molecule has 9 heteroatoms. The number of carbonyl (C=O) groups excluding carboxylic acids is 4. The molecule has 154 valence electrons. The zero-order valence-electron chi connectivity index (χ0n) is 16.5. The molecule has 0 saturated carbocycles. The van der Waals surface area contributed by atoms with Crippen LogP contribution in [0.1, 0.15) is 35.7 Å². The molecule has 29 heavy (non-hydrogen) atoms. The minimum Gasteiger partial charge on any atom is -0.497 e. The standard InChI is InChI=1S/C20H24N4O5/c1-12(25)23-7-5-14(6-8-23)20(18(27)21-19(28)22-20)11-24-10-13-9-15(29-2)3-4-16(13)17(24)26/h3-4,9,14H,5-8,10-11H2,1-2H3,(H2,21,22,27,28). The van der Waals surface area contributed by atoms with Crippen molar-refractivity contribution in [2.75, 3.05) is 26.7 Å². The minimum absolute atomic E-state index is 0.00322. The third kappa shape index (κ3) is 3.20. The molecule has 3 aliphatic heterocycles. The van der Waals surface area contributed by atoms with Gasteiger partial charge in [-0.25, -0.2) is 4.79 Å². The van der Waals surface area contributed by atoms with E-state index in [1.165, 1.54) is 6.92 Å². The molecule has 0 bridgehead atoms. The number of hydrogen-bond acceptors (Lipinski definition) is 5. The summed E-state index contributed by atoms with van der Waals surface area (Å²) < 4.78 is 5.24. The number of urea groups is 1. The van der Waals surface area contributed by atoms with Crippen LogP contribution < -0.4 is 15.4 Å². The molecule has 3 aliphatic rings. The van der Waals surface area contributed by atoms with E-state index in [-0.39, 0.29) is 24.3 Å². The lowest BCUT2D eigenvalue weighted by molar-refractivity contribution is -0.132. The van der Waals surface area contributed by atoms with Crippen LogP contribution in [0.5, 0.6) is 5.75 Å². The SMILES string of the molecule is COc1ccc2c(c1)CN(CC1(C3CCN(C(C)=O)CC3)NC(=O)NC1=O)C2=O. The number of benzene rings is 1. The molecule has 2 saturated heterocycles. The van der Waals surface area contributed by atoms with Crippen LogP contribution in [0.3, 0.4) is 0 Å². The van der Waals surface area contributed by atoms with Crippen molar-refractivity contribution in [3.63, 3.8) is 0 Å². The first-order chi connectivity index (χ1) is 13.8. The molecule has 1 aromatic carbocycles. The maximum absolute atomic E-state index is 12.9. The number of nitrogens with zero attached hydrogens (tertiary/aromatic N) is 2. The van der Waals surface area contributed by atoms with Crippen molar-refractivity contribution in [3.05, 3.63) is 29.3 Å². The van der Waals surface area contributed by atoms with Crippen LogP contribution in [-0.4, -0.2) is 65.8 Å². The molecule has 0 aliphatic carbocycles. The number of ether oxygens (including phenoxy) is 1. The van der Waals surface area contributed by atoms with Gasteiger partial charge in [-0.1, -0.05) is 0 Å². The van der Waals surface area contributed by atoms with Crippen molar-refractivity contribution in [1.29, 1.82) is 0 Å². The van der Waals surface area contributed by atoms with Crippen molar-refractivity contribution in [2.45, 2.75) is 31.8 Å². The number of likely N-dealkylation sites (tertiary alicyclic amines) is 1. The highest BCUT2D eigenvalue weighted by molar-refractivity contribution is 6.08. The number of fused-ring (bicyclic) bond motifs is 1. The summed E-state index contributed by atoms with van der Waals surface area (Å²) in [5.74, 6) is -0.0917. The normalized spacial score (nSPS) is 24.4. The van der Waals surface area contributed by atoms with E-state index in [1.54, 1.807) is 29.0 Å². The Morgan fingerprint density at radius 1 is 1.24 bits per heavy atom. The highest BCUT2D eigenvalue weighted by Gasteiger charge is 2.54. The number of methoxy groups -OCH3 is 1. The van der Waals surface area contributed by atoms with Gasteiger partial charge in [-0.2, -0.15) is 0 Å². The average Bonchev–Trinajstić information content (AvgIpc) is 3.17. The summed E-state index contributed by atoms with van der Waals surface area (Å²) in [6.07, 6.45) is 1.16. The van der Waals surface area contributed by atoms with E-state index in [9.17, 15) is 19.2 Å². The quantitative estimate of drug-likeness (QED) is 0.715. The maximum Gasteiger partial charge on any atom is 0.322 e. The fraction of sp³-hybridized carbons (Fsp3) is 0.500. The maximum atomic E-state index is 12.9. The third-order valence-corrected chi connectivity index (χ3v) is 6.24. The van der Waals surface area contributed by atoms with Crippen LogP contribution >= 0.6 is 0 Å². The Labute approximate surface area is 168 Å². The molecule has 0 aromatic heterocycles. The zero-order chi connectivity index (χ0) is 20.8. The largest absolute Gasteiger partial charge is 0.497 e. The monoisotopic (exact) mass is 400 g/mol. The van der Waals surface area contributed by atoms with Crippen molar-refractivity contribution in [1.82, 2.24) is 20.4 Å². The Morgan fingerprint density at radius 2 is 1.97 bits per heavy atom. The van der Waals surface area contributed by atoms with E-state index >= 15 is 0 Å². The highest BCUT2D eigenvalue weighted by Crippen LogP contribution is 2.35. The molecule has 0 radical (unpaired) electrons. The number of piperidine rings is 1. The fourth-order valence-electron chi connectivity index (χ4n) is 4.63. The molecular formula is C20H24N4O5. The van der Waals surface area contributed by atoms with Gasteiger partial charge >= 0.3 is 6.03 Å². The van der Waals surface area contributed by atoms with Gasteiger partial charge in [-0.3, -0.25) is 19.7 Å². The first-order valence-corrected chi connectivity index (χ1v) is 9.69. The number of amides is 5. The average molecular weight is 400 g/mol. The lowest BCUT2D eigenvalue weighted by atomic mass is 9.77. The summed E-state index contributed by atoms with van der Waals surface area (Å²) in [7, 11) is 1.57. The van der Waals surface area contributed by atoms with Crippen LogP contribution in [0.25, 0.3) is 0 Å². The summed E-state index contributed by atoms with van der Waals surface area (Å²) in [5, 5.41) is 5.15. The van der Waals surface area contributed by atoms with Gasteiger partial charge in [0.15, 0.2) is 0 Å². The lowest BCUT2D eigenvalue weighted by Gasteiger charge is -2.42. The Hall–Kier alpha value is -3.10. The second-order valence-corrected chi connectivity index (χ2v) is 7.84. The molecule has 2 N–H and O–H groups in total. The summed E-state index contributed by atoms with van der Waals surface area (Å²) in [4.78, 5) is 52.8. The second-order valence-electron chi connectivity index (χ2n) is 7.84. The van der Waals surface area contributed by atoms with Crippen molar-refractivity contribution in [2.24, 2.45) is 5.92 Å². The summed E-state index contributed by atoms with van der Waals surface area (Å²) in [6, 6.07) is 4.73. The number of imide groups is 1. The highest BCUT2D eigenvalue weighted by atomic mass is 16.5. The van der Waals surface area contributed by atoms with Gasteiger partial charge in [-0.05, 0) is 42.5 Å². The Morgan fingerprint density at radius 3 is 2.55 bits per heavy atom. The van der Waals surface area contributed by atoms with Gasteiger partial charge < -0.3 is 19.9 Å². The predicted octanol–water partition coefficient (Wildman–Crippen LogP) is 0.488. The number of carbonyl (C=O) groups is 4. The van der Waals surface area contributed by atoms with Crippen molar-refractivity contribution >= 4 is 23.8 Å². The molecule has 4 rings (SSSR count). The molecule has 5 amide bonds. The van der Waals surface area contributed by atoms with Gasteiger partial charge in [0.05, 0.1) is 13.7 Å². The minimum atomic E-state index is -1.19. The van der Waals surface area contributed by atoms with Crippen LogP contribution in [-0.2, 0) is 16.1 Å². The topological polar surface area (TPSA) is 108 Å². The molecule has 0 spiro atoms. The van der Waals surface area contributed by atoms with Crippen LogP contribution in [0.2, 0.25) is 0 Å². The van der Waals surface area contributed by atoms with Crippen LogP contribution in [0, 0.1) is 5.92 Å². The van der Waals surface area contributed by atoms with Crippen molar-refractivity contribution < 1.29 is 23.9 Å². The summed E-state index contributed by atoms with van der Waals surface area (Å²) in [6.45, 7) is 3.01. The smallest absolute Gasteiger partial charge is 0.322 e. The fourth-order valence-corrected chi connectivity index (χ4v) is 4.63. The zero-order valence-corrected chi connectivity index (χ0v) is 16.5. The van der Waals surface area contributed by atoms with Gasteiger partial charge in [0, 0.05) is 32.1 Å².